The molecule has 88 valence electrons. The molecule has 1 N–H and O–H groups in total. The Hall–Kier alpha value is -2.04. The Labute approximate surface area is 106 Å². The van der Waals surface area contributed by atoms with Gasteiger partial charge in [-0.25, -0.2) is 4.98 Å². The van der Waals surface area contributed by atoms with Gasteiger partial charge in [0.2, 0.25) is 0 Å². The number of amides is 1. The number of nitrogens with zero attached hydrogens (tertiary/aromatic N) is 2. The summed E-state index contributed by atoms with van der Waals surface area (Å²) in [5, 5.41) is 3.00. The fourth-order valence-electron chi connectivity index (χ4n) is 2.38. The number of carbonyl (C=O) groups is 1. The van der Waals surface area contributed by atoms with Crippen LogP contribution in [0.2, 0.25) is 0 Å². The van der Waals surface area contributed by atoms with E-state index in [1.165, 1.54) is 0 Å². The summed E-state index contributed by atoms with van der Waals surface area (Å²) in [6.07, 6.45) is 3.46. The number of aromatic nitrogens is 2. The molecule has 1 unspecified atom stereocenters. The van der Waals surface area contributed by atoms with Gasteiger partial charge in [0.15, 0.2) is 5.82 Å². The monoisotopic (exact) mass is 237 g/mol. The van der Waals surface area contributed by atoms with Crippen LogP contribution >= 0.6 is 0 Å². The molecule has 0 aliphatic carbocycles. The molecule has 3 rings (SSSR count). The zero-order valence-electron chi connectivity index (χ0n) is 10.1. The van der Waals surface area contributed by atoms with Gasteiger partial charge in [0, 0.05) is 12.4 Å². The van der Waals surface area contributed by atoms with E-state index in [9.17, 15) is 4.79 Å². The molecular weight excluding hydrogens is 225 g/mol. The van der Waals surface area contributed by atoms with E-state index in [1.807, 2.05) is 42.0 Å². The van der Waals surface area contributed by atoms with Crippen molar-refractivity contribution in [2.45, 2.75) is 19.0 Å². The Bertz CT molecular complexity index is 622. The number of hydrogen-bond acceptors (Lipinski definition) is 2. The molecule has 0 spiro atoms. The molecule has 5 heteroatoms. The third kappa shape index (κ3) is 1.63. The molecule has 4 nitrogen and oxygen atoms in total. The minimum absolute atomic E-state index is 0.156. The van der Waals surface area contributed by atoms with Gasteiger partial charge in [-0.05, 0) is 12.5 Å². The van der Waals surface area contributed by atoms with Crippen molar-refractivity contribution >= 4 is 19.2 Å². The molecule has 1 aliphatic rings. The molecule has 2 aromatic rings. The summed E-state index contributed by atoms with van der Waals surface area (Å²) >= 11 is 0. The first-order valence-electron chi connectivity index (χ1n) is 5.78. The van der Waals surface area contributed by atoms with Crippen LogP contribution in [-0.2, 0) is 12.1 Å². The van der Waals surface area contributed by atoms with Crippen LogP contribution in [0.5, 0.6) is 0 Å². The smallest absolute Gasteiger partial charge is 0.288 e. The largest absolute Gasteiger partial charge is 0.338 e. The van der Waals surface area contributed by atoms with Crippen molar-refractivity contribution in [2.75, 3.05) is 0 Å². The Morgan fingerprint density at radius 3 is 3.11 bits per heavy atom. The van der Waals surface area contributed by atoms with Crippen LogP contribution in [0.4, 0.5) is 0 Å². The third-order valence-electron chi connectivity index (χ3n) is 3.32. The normalized spacial score (nSPS) is 22.4. The maximum Gasteiger partial charge on any atom is 0.288 e. The number of carbonyl (C=O) groups excluding carboxylic acids is 1. The second kappa shape index (κ2) is 3.73. The average Bonchev–Trinajstić information content (AvgIpc) is 2.77. The second-order valence-electron chi connectivity index (χ2n) is 4.79. The molecular formula is C13H12BN3O. The highest BCUT2D eigenvalue weighted by atomic mass is 16.2. The molecule has 0 saturated heterocycles. The molecule has 1 amide bonds. The van der Waals surface area contributed by atoms with Gasteiger partial charge in [-0.15, -0.1) is 0 Å². The van der Waals surface area contributed by atoms with E-state index in [0.717, 1.165) is 5.56 Å². The van der Waals surface area contributed by atoms with Gasteiger partial charge in [0.1, 0.15) is 7.85 Å². The van der Waals surface area contributed by atoms with Gasteiger partial charge in [0.25, 0.3) is 5.91 Å². The Morgan fingerprint density at radius 1 is 1.50 bits per heavy atom. The Kier molecular flexibility index (Phi) is 2.30. The van der Waals surface area contributed by atoms with E-state index in [4.69, 9.17) is 7.85 Å². The van der Waals surface area contributed by atoms with E-state index in [1.54, 1.807) is 6.20 Å². The Morgan fingerprint density at radius 2 is 2.33 bits per heavy atom. The highest BCUT2D eigenvalue weighted by Crippen LogP contribution is 2.26. The van der Waals surface area contributed by atoms with Crippen molar-refractivity contribution in [3.05, 3.63) is 48.0 Å². The van der Waals surface area contributed by atoms with Crippen LogP contribution in [0.3, 0.4) is 0 Å². The van der Waals surface area contributed by atoms with E-state index in [2.05, 4.69) is 10.3 Å². The van der Waals surface area contributed by atoms with E-state index < -0.39 is 5.54 Å². The van der Waals surface area contributed by atoms with Crippen molar-refractivity contribution < 1.29 is 4.79 Å². The van der Waals surface area contributed by atoms with Gasteiger partial charge in [0.05, 0.1) is 12.1 Å². The zero-order valence-corrected chi connectivity index (χ0v) is 10.1. The van der Waals surface area contributed by atoms with Gasteiger partial charge in [-0.1, -0.05) is 29.7 Å². The summed E-state index contributed by atoms with van der Waals surface area (Å²) in [4.78, 5) is 16.0. The van der Waals surface area contributed by atoms with Crippen LogP contribution in [-0.4, -0.2) is 23.3 Å². The molecule has 0 fully saturated rings. The van der Waals surface area contributed by atoms with Crippen molar-refractivity contribution in [1.82, 2.24) is 14.9 Å². The van der Waals surface area contributed by atoms with Crippen LogP contribution in [0.1, 0.15) is 23.1 Å². The highest BCUT2D eigenvalue weighted by molar-refractivity contribution is 6.32. The quantitative estimate of drug-likeness (QED) is 0.727. The zero-order chi connectivity index (χ0) is 12.8. The minimum atomic E-state index is -0.458. The standard InChI is InChI=1S/C13H12BN3O/c1-13(9-3-2-4-10(14)7-9)8-17-6-5-15-11(17)12(18)16-13/h2-7H,8H2,1H3,(H,16,18). The number of fused-ring (bicyclic) bond motifs is 1. The number of hydrogen-bond donors (Lipinski definition) is 1. The van der Waals surface area contributed by atoms with Crippen molar-refractivity contribution in [1.29, 1.82) is 0 Å². The lowest BCUT2D eigenvalue weighted by molar-refractivity contribution is 0.0840. The SMILES string of the molecule is [B]c1cccc(C2(C)Cn3ccnc3C(=O)N2)c1. The fraction of sp³-hybridized carbons (Fsp3) is 0.231. The Balaban J connectivity index is 2.05. The molecule has 2 heterocycles. The highest BCUT2D eigenvalue weighted by Gasteiger charge is 2.35. The number of rotatable bonds is 1. The average molecular weight is 237 g/mol. The molecule has 2 radical (unpaired) electrons. The molecule has 0 saturated carbocycles. The first-order chi connectivity index (χ1) is 8.58. The molecule has 1 aliphatic heterocycles. The molecule has 18 heavy (non-hydrogen) atoms. The summed E-state index contributed by atoms with van der Waals surface area (Å²) in [5.41, 5.74) is 1.23. The molecule has 1 aromatic heterocycles. The fourth-order valence-corrected chi connectivity index (χ4v) is 2.38. The second-order valence-corrected chi connectivity index (χ2v) is 4.79. The van der Waals surface area contributed by atoms with Crippen molar-refractivity contribution in [3.63, 3.8) is 0 Å². The first kappa shape index (κ1) is 11.1. The van der Waals surface area contributed by atoms with Gasteiger partial charge < -0.3 is 9.88 Å². The lowest BCUT2D eigenvalue weighted by Crippen LogP contribution is -2.51. The predicted octanol–water partition coefficient (Wildman–Crippen LogP) is 0.336. The van der Waals surface area contributed by atoms with E-state index in [-0.39, 0.29) is 5.91 Å². The first-order valence-corrected chi connectivity index (χ1v) is 5.78. The minimum Gasteiger partial charge on any atom is -0.338 e. The number of nitrogens with one attached hydrogen (secondary N) is 1. The van der Waals surface area contributed by atoms with E-state index >= 15 is 0 Å². The summed E-state index contributed by atoms with van der Waals surface area (Å²) < 4.78 is 1.86. The topological polar surface area (TPSA) is 46.9 Å². The van der Waals surface area contributed by atoms with Crippen LogP contribution in [0.25, 0.3) is 0 Å². The lowest BCUT2D eigenvalue weighted by atomic mass is 9.85. The maximum atomic E-state index is 12.0. The lowest BCUT2D eigenvalue weighted by Gasteiger charge is -2.35. The maximum absolute atomic E-state index is 12.0. The molecule has 0 bridgehead atoms. The summed E-state index contributed by atoms with van der Waals surface area (Å²) in [5.74, 6) is 0.299. The third-order valence-corrected chi connectivity index (χ3v) is 3.32. The van der Waals surface area contributed by atoms with E-state index in [0.29, 0.717) is 17.8 Å². The van der Waals surface area contributed by atoms with Crippen molar-refractivity contribution in [2.24, 2.45) is 0 Å². The van der Waals surface area contributed by atoms with Gasteiger partial charge in [-0.3, -0.25) is 4.79 Å². The molecule has 1 atom stereocenters. The van der Waals surface area contributed by atoms with Gasteiger partial charge in [-0.2, -0.15) is 0 Å². The molecule has 1 aromatic carbocycles. The van der Waals surface area contributed by atoms with Crippen LogP contribution < -0.4 is 10.8 Å². The summed E-state index contributed by atoms with van der Waals surface area (Å²) in [7, 11) is 5.80. The predicted molar refractivity (Wildman–Crippen MR) is 68.9 cm³/mol. The number of benzene rings is 1. The van der Waals surface area contributed by atoms with Crippen LogP contribution in [0, 0.1) is 0 Å². The van der Waals surface area contributed by atoms with Crippen LogP contribution in [0.15, 0.2) is 36.7 Å². The summed E-state index contributed by atoms with van der Waals surface area (Å²) in [6, 6.07) is 7.59. The van der Waals surface area contributed by atoms with Gasteiger partial charge >= 0.3 is 0 Å². The summed E-state index contributed by atoms with van der Waals surface area (Å²) in [6.45, 7) is 2.64. The number of imidazole rings is 1. The van der Waals surface area contributed by atoms with Crippen molar-refractivity contribution in [3.8, 4) is 0 Å².